The highest BCUT2D eigenvalue weighted by atomic mass is 16.6. The number of ether oxygens (including phenoxy) is 3. The van der Waals surface area contributed by atoms with Gasteiger partial charge >= 0.3 is 24.0 Å². The second-order valence-corrected chi connectivity index (χ2v) is 13.4. The molecule has 3 heterocycles. The number of imide groups is 1. The third-order valence-corrected chi connectivity index (χ3v) is 7.92. The number of benzene rings is 1. The van der Waals surface area contributed by atoms with Crippen LogP contribution in [0.3, 0.4) is 0 Å². The van der Waals surface area contributed by atoms with E-state index in [9.17, 15) is 19.2 Å². The number of para-hydroxylation sites is 2. The van der Waals surface area contributed by atoms with Crippen LogP contribution < -0.4 is 5.69 Å². The van der Waals surface area contributed by atoms with Crippen LogP contribution in [-0.4, -0.2) is 99.2 Å². The normalized spacial score (nSPS) is 17.6. The lowest BCUT2D eigenvalue weighted by Crippen LogP contribution is -2.49. The molecule has 43 heavy (non-hydrogen) atoms. The molecule has 0 radical (unpaired) electrons. The maximum absolute atomic E-state index is 13.9. The summed E-state index contributed by atoms with van der Waals surface area (Å²) < 4.78 is 19.3. The Bertz CT molecular complexity index is 1330. The summed E-state index contributed by atoms with van der Waals surface area (Å²) in [6.45, 7) is 13.5. The summed E-state index contributed by atoms with van der Waals surface area (Å²) in [7, 11) is 1.41. The Kier molecular flexibility index (Phi) is 9.78. The molecule has 2 aliphatic heterocycles. The number of likely N-dealkylation sites (tertiary alicyclic amines) is 2. The van der Waals surface area contributed by atoms with Crippen LogP contribution in [0.25, 0.3) is 11.0 Å². The summed E-state index contributed by atoms with van der Waals surface area (Å²) in [5.74, 6) is 0. The second-order valence-electron chi connectivity index (χ2n) is 13.4. The Morgan fingerprint density at radius 1 is 0.814 bits per heavy atom. The molecular weight excluding hydrogens is 554 g/mol. The zero-order valence-corrected chi connectivity index (χ0v) is 26.6. The minimum Gasteiger partial charge on any atom is -0.453 e. The zero-order valence-electron chi connectivity index (χ0n) is 26.6. The quantitative estimate of drug-likeness (QED) is 0.447. The summed E-state index contributed by atoms with van der Waals surface area (Å²) in [6.07, 6.45) is 1.57. The van der Waals surface area contributed by atoms with Crippen molar-refractivity contribution < 1.29 is 28.6 Å². The van der Waals surface area contributed by atoms with Crippen LogP contribution >= 0.6 is 0 Å². The van der Waals surface area contributed by atoms with Gasteiger partial charge in [0.05, 0.1) is 24.7 Å². The lowest BCUT2D eigenvalue weighted by atomic mass is 9.97. The number of aromatic nitrogens is 2. The molecule has 2 fully saturated rings. The Morgan fingerprint density at radius 3 is 1.84 bits per heavy atom. The SMILES string of the molecule is COC(=O)N1CCC(N2CCC(n3c(=O)n(CCN(C(=O)OC(C)(C)C)C(=O)OC(C)(C)C)c4ccccc43)CC2)CC1. The first-order valence-corrected chi connectivity index (χ1v) is 15.2. The molecule has 3 amide bonds. The number of hydrogen-bond acceptors (Lipinski definition) is 8. The Morgan fingerprint density at radius 2 is 1.33 bits per heavy atom. The van der Waals surface area contributed by atoms with Crippen molar-refractivity contribution in [3.63, 3.8) is 0 Å². The molecule has 0 atom stereocenters. The highest BCUT2D eigenvalue weighted by Crippen LogP contribution is 2.29. The average molecular weight is 602 g/mol. The first-order chi connectivity index (χ1) is 20.2. The van der Waals surface area contributed by atoms with E-state index in [4.69, 9.17) is 14.2 Å². The summed E-state index contributed by atoms with van der Waals surface area (Å²) in [6, 6.07) is 8.07. The van der Waals surface area contributed by atoms with Gasteiger partial charge < -0.3 is 24.0 Å². The van der Waals surface area contributed by atoms with Crippen molar-refractivity contribution in [3.8, 4) is 0 Å². The van der Waals surface area contributed by atoms with Gasteiger partial charge in [-0.25, -0.2) is 24.1 Å². The van der Waals surface area contributed by atoms with Crippen molar-refractivity contribution in [3.05, 3.63) is 34.7 Å². The third-order valence-electron chi connectivity index (χ3n) is 7.92. The minimum absolute atomic E-state index is 0.0258. The number of piperidine rings is 2. The monoisotopic (exact) mass is 601 g/mol. The molecular formula is C31H47N5O7. The van der Waals surface area contributed by atoms with Gasteiger partial charge in [0.25, 0.3) is 0 Å². The van der Waals surface area contributed by atoms with Gasteiger partial charge in [-0.15, -0.1) is 0 Å². The fraction of sp³-hybridized carbons (Fsp3) is 0.677. The first kappa shape index (κ1) is 32.4. The van der Waals surface area contributed by atoms with E-state index in [1.54, 1.807) is 51.0 Å². The summed E-state index contributed by atoms with van der Waals surface area (Å²) in [5, 5.41) is 0. The van der Waals surface area contributed by atoms with E-state index in [0.29, 0.717) is 19.1 Å². The molecule has 12 nitrogen and oxygen atoms in total. The highest BCUT2D eigenvalue weighted by Gasteiger charge is 2.33. The molecule has 0 bridgehead atoms. The van der Waals surface area contributed by atoms with Gasteiger partial charge in [0.15, 0.2) is 0 Å². The molecule has 0 aliphatic carbocycles. The summed E-state index contributed by atoms with van der Waals surface area (Å²) in [4.78, 5) is 57.0. The maximum Gasteiger partial charge on any atom is 0.419 e. The Hall–Kier alpha value is -3.54. The van der Waals surface area contributed by atoms with Crippen LogP contribution in [0.4, 0.5) is 14.4 Å². The van der Waals surface area contributed by atoms with Gasteiger partial charge in [0.1, 0.15) is 11.2 Å². The number of methoxy groups -OCH3 is 1. The number of nitrogens with zero attached hydrogens (tertiary/aromatic N) is 5. The molecule has 12 heteroatoms. The molecule has 0 spiro atoms. The predicted molar refractivity (Wildman–Crippen MR) is 162 cm³/mol. The fourth-order valence-electron chi connectivity index (χ4n) is 5.94. The van der Waals surface area contributed by atoms with Gasteiger partial charge in [-0.1, -0.05) is 12.1 Å². The number of hydrogen-bond donors (Lipinski definition) is 0. The van der Waals surface area contributed by atoms with E-state index in [2.05, 4.69) is 4.90 Å². The highest BCUT2D eigenvalue weighted by molar-refractivity contribution is 5.88. The van der Waals surface area contributed by atoms with Crippen molar-refractivity contribution >= 4 is 29.3 Å². The number of amides is 3. The minimum atomic E-state index is -0.816. The molecule has 0 saturated carbocycles. The average Bonchev–Trinajstić information content (AvgIpc) is 3.22. The van der Waals surface area contributed by atoms with E-state index in [1.807, 2.05) is 28.8 Å². The first-order valence-electron chi connectivity index (χ1n) is 15.2. The molecule has 2 aromatic rings. The largest absolute Gasteiger partial charge is 0.453 e. The molecule has 2 aliphatic rings. The lowest BCUT2D eigenvalue weighted by Gasteiger charge is -2.41. The smallest absolute Gasteiger partial charge is 0.419 e. The van der Waals surface area contributed by atoms with E-state index < -0.39 is 23.4 Å². The maximum atomic E-state index is 13.9. The Labute approximate surface area is 253 Å². The number of carbonyl (C=O) groups is 3. The lowest BCUT2D eigenvalue weighted by molar-refractivity contribution is 0.000844. The molecule has 0 unspecified atom stereocenters. The van der Waals surface area contributed by atoms with Crippen molar-refractivity contribution in [2.75, 3.05) is 39.8 Å². The van der Waals surface area contributed by atoms with Crippen LogP contribution in [0.1, 0.15) is 73.3 Å². The van der Waals surface area contributed by atoms with Gasteiger partial charge in [0, 0.05) is 44.8 Å². The zero-order chi connectivity index (χ0) is 31.5. The van der Waals surface area contributed by atoms with E-state index >= 15 is 0 Å². The summed E-state index contributed by atoms with van der Waals surface area (Å²) >= 11 is 0. The van der Waals surface area contributed by atoms with Gasteiger partial charge in [-0.05, 0) is 79.4 Å². The standard InChI is InChI=1S/C31H47N5O7/c1-30(2,3)42-28(39)35(29(40)43-31(4,5)6)21-20-34-24-10-8-9-11-25(24)36(26(34)37)23-14-16-32(17-15-23)22-12-18-33(19-13-22)27(38)41-7/h8-11,22-23H,12-21H2,1-7H3. The number of rotatable bonds is 5. The van der Waals surface area contributed by atoms with Gasteiger partial charge in [0.2, 0.25) is 0 Å². The molecule has 0 N–H and O–H groups in total. The molecule has 238 valence electrons. The van der Waals surface area contributed by atoms with E-state index in [0.717, 1.165) is 54.7 Å². The number of fused-ring (bicyclic) bond motifs is 1. The predicted octanol–water partition coefficient (Wildman–Crippen LogP) is 4.84. The van der Waals surface area contributed by atoms with Crippen molar-refractivity contribution in [1.82, 2.24) is 23.8 Å². The van der Waals surface area contributed by atoms with Gasteiger partial charge in [-0.2, -0.15) is 0 Å². The van der Waals surface area contributed by atoms with E-state index in [-0.39, 0.29) is 30.9 Å². The molecule has 1 aromatic heterocycles. The third kappa shape index (κ3) is 7.90. The molecule has 1 aromatic carbocycles. The van der Waals surface area contributed by atoms with Crippen LogP contribution in [0, 0.1) is 0 Å². The van der Waals surface area contributed by atoms with Crippen molar-refractivity contribution in [2.45, 2.75) is 97.1 Å². The second kappa shape index (κ2) is 13.0. The number of carbonyl (C=O) groups excluding carboxylic acids is 3. The molecule has 4 rings (SSSR count). The van der Waals surface area contributed by atoms with Crippen molar-refractivity contribution in [1.29, 1.82) is 0 Å². The topological polar surface area (TPSA) is 116 Å². The molecule has 2 saturated heterocycles. The van der Waals surface area contributed by atoms with Crippen LogP contribution in [-0.2, 0) is 20.8 Å². The van der Waals surface area contributed by atoms with Crippen molar-refractivity contribution in [2.24, 2.45) is 0 Å². The van der Waals surface area contributed by atoms with Crippen LogP contribution in [0.5, 0.6) is 0 Å². The fourth-order valence-corrected chi connectivity index (χ4v) is 5.94. The van der Waals surface area contributed by atoms with Crippen LogP contribution in [0.2, 0.25) is 0 Å². The summed E-state index contributed by atoms with van der Waals surface area (Å²) in [5.41, 5.74) is -0.203. The van der Waals surface area contributed by atoms with Crippen LogP contribution in [0.15, 0.2) is 29.1 Å². The van der Waals surface area contributed by atoms with E-state index in [1.165, 1.54) is 7.11 Å². The van der Waals surface area contributed by atoms with Gasteiger partial charge in [-0.3, -0.25) is 9.13 Å². The number of imidazole rings is 1. The Balaban J connectivity index is 1.49.